The third kappa shape index (κ3) is 2.68. The zero-order valence-electron chi connectivity index (χ0n) is 18.0. The summed E-state index contributed by atoms with van der Waals surface area (Å²) < 4.78 is 1.98. The van der Waals surface area contributed by atoms with Gasteiger partial charge >= 0.3 is 0 Å². The molecule has 0 aliphatic heterocycles. The van der Waals surface area contributed by atoms with Crippen LogP contribution >= 0.6 is 0 Å². The summed E-state index contributed by atoms with van der Waals surface area (Å²) in [7, 11) is 0. The van der Waals surface area contributed by atoms with Crippen molar-refractivity contribution >= 4 is 6.08 Å². The zero-order valence-corrected chi connectivity index (χ0v) is 18.0. The van der Waals surface area contributed by atoms with Crippen LogP contribution in [0, 0.1) is 34.5 Å². The number of rotatable bonds is 2. The van der Waals surface area contributed by atoms with Crippen LogP contribution in [0.2, 0.25) is 0 Å². The molecule has 1 aromatic rings. The van der Waals surface area contributed by atoms with Crippen LogP contribution in [0.1, 0.15) is 84.1 Å². The van der Waals surface area contributed by atoms with E-state index in [4.69, 9.17) is 0 Å². The van der Waals surface area contributed by atoms with Crippen LogP contribution < -0.4 is 0 Å². The summed E-state index contributed by atoms with van der Waals surface area (Å²) in [6, 6.07) is 0. The standard InChI is InChI=1S/C25H38N2O/c1-4-27-16-17(15-26-27)13-18-14-22-20-9-8-19-7-5-6-11-24(19,2)21(20)10-12-25(22,3)23(18)28/h13,15-16,19-23,28H,4-12,14H2,1-3H3/b18-13+/t19-,20-,21+,22+,23+,24+,25+/m1/s1. The van der Waals surface area contributed by atoms with Crippen LogP contribution in [0.25, 0.3) is 6.08 Å². The Morgan fingerprint density at radius 3 is 2.75 bits per heavy atom. The molecule has 28 heavy (non-hydrogen) atoms. The average Bonchev–Trinajstić information content (AvgIpc) is 3.25. The lowest BCUT2D eigenvalue weighted by Crippen LogP contribution is -2.53. The molecule has 0 amide bonds. The molecule has 4 aliphatic rings. The lowest BCUT2D eigenvalue weighted by atomic mass is 9.45. The fraction of sp³-hybridized carbons (Fsp3) is 0.800. The summed E-state index contributed by atoms with van der Waals surface area (Å²) in [4.78, 5) is 0. The van der Waals surface area contributed by atoms with Gasteiger partial charge in [0, 0.05) is 23.7 Å². The zero-order chi connectivity index (χ0) is 19.5. The Kier molecular flexibility index (Phi) is 4.54. The van der Waals surface area contributed by atoms with E-state index in [1.807, 2.05) is 10.9 Å². The molecule has 1 heterocycles. The predicted molar refractivity (Wildman–Crippen MR) is 114 cm³/mol. The van der Waals surface area contributed by atoms with E-state index in [-0.39, 0.29) is 11.5 Å². The van der Waals surface area contributed by atoms with Gasteiger partial charge in [-0.25, -0.2) is 0 Å². The van der Waals surface area contributed by atoms with Crippen molar-refractivity contribution in [3.8, 4) is 0 Å². The maximum absolute atomic E-state index is 11.4. The molecule has 0 radical (unpaired) electrons. The van der Waals surface area contributed by atoms with Crippen molar-refractivity contribution in [3.63, 3.8) is 0 Å². The fourth-order valence-electron chi connectivity index (χ4n) is 8.14. The molecule has 4 saturated carbocycles. The summed E-state index contributed by atoms with van der Waals surface area (Å²) in [5.41, 5.74) is 3.06. The van der Waals surface area contributed by atoms with Gasteiger partial charge in [-0.05, 0) is 86.5 Å². The number of aromatic nitrogens is 2. The van der Waals surface area contributed by atoms with Gasteiger partial charge in [-0.1, -0.05) is 32.8 Å². The van der Waals surface area contributed by atoms with Crippen molar-refractivity contribution in [1.82, 2.24) is 9.78 Å². The fourth-order valence-corrected chi connectivity index (χ4v) is 8.14. The molecule has 7 atom stereocenters. The monoisotopic (exact) mass is 382 g/mol. The number of hydrogen-bond acceptors (Lipinski definition) is 2. The van der Waals surface area contributed by atoms with E-state index in [2.05, 4.69) is 38.1 Å². The van der Waals surface area contributed by atoms with Crippen molar-refractivity contribution in [3.05, 3.63) is 23.5 Å². The van der Waals surface area contributed by atoms with Crippen molar-refractivity contribution in [2.75, 3.05) is 0 Å². The van der Waals surface area contributed by atoms with Crippen molar-refractivity contribution in [2.45, 2.75) is 91.2 Å². The Bertz CT molecular complexity index is 766. The smallest absolute Gasteiger partial charge is 0.0809 e. The SMILES string of the molecule is CCn1cc(/C=C2\C[C@H]3[C@@H]4CC[C@H]5CCCC[C@]5(C)[C@H]4CC[C@]3(C)[C@H]2O)cn1. The summed E-state index contributed by atoms with van der Waals surface area (Å²) in [6.07, 6.45) is 18.3. The quantitative estimate of drug-likeness (QED) is 0.713. The maximum atomic E-state index is 11.4. The Labute approximate surface area is 170 Å². The highest BCUT2D eigenvalue weighted by Crippen LogP contribution is 2.67. The molecule has 3 heteroatoms. The maximum Gasteiger partial charge on any atom is 0.0809 e. The molecule has 1 N–H and O–H groups in total. The summed E-state index contributed by atoms with van der Waals surface area (Å²) in [5.74, 6) is 3.33. The highest BCUT2D eigenvalue weighted by molar-refractivity contribution is 5.54. The van der Waals surface area contributed by atoms with Crippen LogP contribution in [0.3, 0.4) is 0 Å². The van der Waals surface area contributed by atoms with Gasteiger partial charge in [-0.15, -0.1) is 0 Å². The molecule has 0 spiro atoms. The lowest BCUT2D eigenvalue weighted by molar-refractivity contribution is -0.119. The van der Waals surface area contributed by atoms with Crippen molar-refractivity contribution in [1.29, 1.82) is 0 Å². The largest absolute Gasteiger partial charge is 0.388 e. The van der Waals surface area contributed by atoms with Crippen molar-refractivity contribution in [2.24, 2.45) is 34.5 Å². The van der Waals surface area contributed by atoms with Gasteiger partial charge in [0.1, 0.15) is 0 Å². The van der Waals surface area contributed by atoms with Gasteiger partial charge in [0.15, 0.2) is 0 Å². The van der Waals surface area contributed by atoms with Crippen LogP contribution in [-0.2, 0) is 6.54 Å². The summed E-state index contributed by atoms with van der Waals surface area (Å²) in [6.45, 7) is 8.05. The van der Waals surface area contributed by atoms with Crippen LogP contribution in [0.15, 0.2) is 18.0 Å². The van der Waals surface area contributed by atoms with Gasteiger partial charge < -0.3 is 5.11 Å². The van der Waals surface area contributed by atoms with E-state index in [0.717, 1.165) is 36.3 Å². The minimum atomic E-state index is -0.277. The molecule has 0 unspecified atom stereocenters. The molecule has 0 saturated heterocycles. The Balaban J connectivity index is 1.44. The van der Waals surface area contributed by atoms with Gasteiger partial charge in [0.25, 0.3) is 0 Å². The number of aryl methyl sites for hydroxylation is 1. The first kappa shape index (κ1) is 18.9. The number of nitrogens with zero attached hydrogens (tertiary/aromatic N) is 2. The summed E-state index contributed by atoms with van der Waals surface area (Å²) in [5, 5.41) is 15.8. The third-order valence-corrected chi connectivity index (χ3v) is 9.78. The number of hydrogen-bond donors (Lipinski definition) is 1. The highest BCUT2D eigenvalue weighted by Gasteiger charge is 2.60. The van der Waals surface area contributed by atoms with Gasteiger partial charge in [-0.3, -0.25) is 4.68 Å². The first-order valence-electron chi connectivity index (χ1n) is 11.9. The second kappa shape index (κ2) is 6.72. The predicted octanol–water partition coefficient (Wildman–Crippen LogP) is 5.69. The van der Waals surface area contributed by atoms with E-state index < -0.39 is 0 Å². The van der Waals surface area contributed by atoms with E-state index in [1.54, 1.807) is 0 Å². The Morgan fingerprint density at radius 2 is 1.96 bits per heavy atom. The van der Waals surface area contributed by atoms with Crippen LogP contribution in [0.5, 0.6) is 0 Å². The molecular weight excluding hydrogens is 344 g/mol. The molecule has 3 nitrogen and oxygen atoms in total. The second-order valence-corrected chi connectivity index (χ2v) is 10.9. The Hall–Kier alpha value is -1.09. The van der Waals surface area contributed by atoms with Gasteiger partial charge in [0.05, 0.1) is 12.3 Å². The van der Waals surface area contributed by atoms with E-state index in [1.165, 1.54) is 56.9 Å². The van der Waals surface area contributed by atoms with E-state index in [9.17, 15) is 5.11 Å². The highest BCUT2D eigenvalue weighted by atomic mass is 16.3. The molecule has 4 fully saturated rings. The van der Waals surface area contributed by atoms with E-state index >= 15 is 0 Å². The van der Waals surface area contributed by atoms with Crippen LogP contribution in [-0.4, -0.2) is 21.0 Å². The van der Waals surface area contributed by atoms with Gasteiger partial charge in [-0.2, -0.15) is 5.10 Å². The molecule has 0 aromatic carbocycles. The molecule has 1 aromatic heterocycles. The molecular formula is C25H38N2O. The number of aliphatic hydroxyl groups is 1. The number of aliphatic hydroxyl groups excluding tert-OH is 1. The minimum absolute atomic E-state index is 0.0750. The average molecular weight is 383 g/mol. The molecule has 5 rings (SSSR count). The molecule has 4 aliphatic carbocycles. The second-order valence-electron chi connectivity index (χ2n) is 10.9. The normalized spacial score (nSPS) is 46.9. The van der Waals surface area contributed by atoms with Gasteiger partial charge in [0.2, 0.25) is 0 Å². The lowest BCUT2D eigenvalue weighted by Gasteiger charge is -2.60. The van der Waals surface area contributed by atoms with E-state index in [0.29, 0.717) is 11.3 Å². The third-order valence-electron chi connectivity index (χ3n) is 9.78. The summed E-state index contributed by atoms with van der Waals surface area (Å²) >= 11 is 0. The van der Waals surface area contributed by atoms with Crippen LogP contribution in [0.4, 0.5) is 0 Å². The first-order valence-corrected chi connectivity index (χ1v) is 11.9. The first-order chi connectivity index (χ1) is 13.5. The molecule has 0 bridgehead atoms. The Morgan fingerprint density at radius 1 is 1.11 bits per heavy atom. The number of fused-ring (bicyclic) bond motifs is 5. The molecule has 154 valence electrons. The topological polar surface area (TPSA) is 38.0 Å². The van der Waals surface area contributed by atoms with Crippen molar-refractivity contribution < 1.29 is 5.11 Å². The minimum Gasteiger partial charge on any atom is -0.388 e.